The molecule has 0 unspecified atom stereocenters. The lowest BCUT2D eigenvalue weighted by atomic mass is 10.1. The van der Waals surface area contributed by atoms with Crippen LogP contribution < -0.4 is 5.32 Å². The maximum absolute atomic E-state index is 12.6. The van der Waals surface area contributed by atoms with E-state index in [1.165, 1.54) is 11.8 Å². The number of nitrogens with one attached hydrogen (secondary N) is 1. The first-order valence-corrected chi connectivity index (χ1v) is 9.61. The van der Waals surface area contributed by atoms with E-state index in [4.69, 9.17) is 4.52 Å². The molecule has 0 bridgehead atoms. The zero-order valence-electron chi connectivity index (χ0n) is 15.4. The van der Waals surface area contributed by atoms with Crippen LogP contribution in [0, 0.1) is 12.8 Å². The molecule has 7 heteroatoms. The van der Waals surface area contributed by atoms with Crippen molar-refractivity contribution in [3.63, 3.8) is 0 Å². The molecule has 0 aliphatic rings. The van der Waals surface area contributed by atoms with Crippen molar-refractivity contribution in [1.29, 1.82) is 0 Å². The molecule has 1 aromatic heterocycles. The lowest BCUT2D eigenvalue weighted by molar-refractivity contribution is -0.132. The first kappa shape index (κ1) is 20.0. The largest absolute Gasteiger partial charge is 0.360 e. The highest BCUT2D eigenvalue weighted by Gasteiger charge is 2.18. The summed E-state index contributed by atoms with van der Waals surface area (Å²) >= 11 is 1.48. The molecule has 26 heavy (non-hydrogen) atoms. The highest BCUT2D eigenvalue weighted by atomic mass is 32.2. The Morgan fingerprint density at radius 3 is 2.62 bits per heavy atom. The number of carbonyl (C=O) groups is 2. The summed E-state index contributed by atoms with van der Waals surface area (Å²) in [5.74, 6) is 1.41. The molecule has 0 atom stereocenters. The number of hydrogen-bond donors (Lipinski definition) is 1. The monoisotopic (exact) mass is 375 g/mol. The van der Waals surface area contributed by atoms with Crippen molar-refractivity contribution in [2.24, 2.45) is 5.92 Å². The number of anilines is 1. The first-order chi connectivity index (χ1) is 12.4. The van der Waals surface area contributed by atoms with Crippen LogP contribution in [0.15, 0.2) is 45.8 Å². The van der Waals surface area contributed by atoms with Crippen molar-refractivity contribution >= 4 is 29.4 Å². The van der Waals surface area contributed by atoms with Gasteiger partial charge >= 0.3 is 0 Å². The number of aromatic nitrogens is 1. The predicted molar refractivity (Wildman–Crippen MR) is 103 cm³/mol. The molecule has 0 saturated carbocycles. The smallest absolute Gasteiger partial charge is 0.245 e. The summed E-state index contributed by atoms with van der Waals surface area (Å²) in [6.07, 6.45) is 0.845. The maximum atomic E-state index is 12.6. The topological polar surface area (TPSA) is 75.4 Å². The predicted octanol–water partition coefficient (Wildman–Crippen LogP) is 3.59. The lowest BCUT2D eigenvalue weighted by Crippen LogP contribution is -2.40. The number of nitrogens with zero attached hydrogens (tertiary/aromatic N) is 2. The normalized spacial score (nSPS) is 10.8. The van der Waals surface area contributed by atoms with Gasteiger partial charge in [0.25, 0.3) is 0 Å². The van der Waals surface area contributed by atoms with Gasteiger partial charge in [-0.1, -0.05) is 37.2 Å². The van der Waals surface area contributed by atoms with Crippen LogP contribution in [0.25, 0.3) is 0 Å². The van der Waals surface area contributed by atoms with Gasteiger partial charge in [-0.05, 0) is 31.4 Å². The third-order valence-electron chi connectivity index (χ3n) is 3.66. The minimum atomic E-state index is -0.278. The molecule has 0 aliphatic heterocycles. The van der Waals surface area contributed by atoms with E-state index in [1.54, 1.807) is 17.9 Å². The second kappa shape index (κ2) is 10.0. The Morgan fingerprint density at radius 1 is 1.27 bits per heavy atom. The molecule has 140 valence electrons. The van der Waals surface area contributed by atoms with Crippen molar-refractivity contribution in [2.45, 2.75) is 32.1 Å². The highest BCUT2D eigenvalue weighted by molar-refractivity contribution is 8.00. The summed E-state index contributed by atoms with van der Waals surface area (Å²) in [4.78, 5) is 27.5. The summed E-state index contributed by atoms with van der Waals surface area (Å²) in [7, 11) is 0. The van der Waals surface area contributed by atoms with E-state index in [-0.39, 0.29) is 18.4 Å². The number of rotatable bonds is 9. The summed E-state index contributed by atoms with van der Waals surface area (Å²) in [5, 5.41) is 6.41. The first-order valence-electron chi connectivity index (χ1n) is 8.63. The van der Waals surface area contributed by atoms with Gasteiger partial charge in [0.05, 0.1) is 12.3 Å². The van der Waals surface area contributed by atoms with Crippen LogP contribution in [0.2, 0.25) is 0 Å². The summed E-state index contributed by atoms with van der Waals surface area (Å²) in [5.41, 5.74) is 0. The van der Waals surface area contributed by atoms with Crippen LogP contribution in [0.3, 0.4) is 0 Å². The molecule has 0 aliphatic carbocycles. The minimum Gasteiger partial charge on any atom is -0.360 e. The fourth-order valence-corrected chi connectivity index (χ4v) is 3.06. The van der Waals surface area contributed by atoms with E-state index >= 15 is 0 Å². The number of thioether (sulfide) groups is 1. The molecular formula is C19H25N3O3S. The van der Waals surface area contributed by atoms with Gasteiger partial charge in [0, 0.05) is 17.5 Å². The second-order valence-electron chi connectivity index (χ2n) is 6.47. The highest BCUT2D eigenvalue weighted by Crippen LogP contribution is 2.18. The fourth-order valence-electron chi connectivity index (χ4n) is 2.24. The number of amides is 2. The van der Waals surface area contributed by atoms with Crippen LogP contribution >= 0.6 is 11.8 Å². The van der Waals surface area contributed by atoms with Crippen molar-refractivity contribution in [2.75, 3.05) is 24.2 Å². The van der Waals surface area contributed by atoms with Crippen LogP contribution in [0.4, 0.5) is 5.82 Å². The molecule has 2 amide bonds. The Kier molecular flexibility index (Phi) is 7.72. The van der Waals surface area contributed by atoms with Gasteiger partial charge in [-0.15, -0.1) is 11.8 Å². The average Bonchev–Trinajstić information content (AvgIpc) is 3.01. The van der Waals surface area contributed by atoms with Crippen LogP contribution in [0.1, 0.15) is 26.0 Å². The number of hydrogen-bond acceptors (Lipinski definition) is 5. The van der Waals surface area contributed by atoms with E-state index in [0.29, 0.717) is 29.8 Å². The number of aryl methyl sites for hydroxylation is 1. The molecule has 0 radical (unpaired) electrons. The molecule has 0 saturated heterocycles. The van der Waals surface area contributed by atoms with Crippen molar-refractivity contribution < 1.29 is 14.1 Å². The molecule has 2 rings (SSSR count). The SMILES string of the molecule is Cc1cc(NC(=O)CN(CCC(C)C)C(=O)CSc2ccccc2)no1. The third kappa shape index (κ3) is 6.92. The van der Waals surface area contributed by atoms with Crippen molar-refractivity contribution in [1.82, 2.24) is 10.1 Å². The molecule has 1 heterocycles. The molecule has 1 aromatic carbocycles. The molecule has 6 nitrogen and oxygen atoms in total. The zero-order chi connectivity index (χ0) is 18.9. The van der Waals surface area contributed by atoms with E-state index in [0.717, 1.165) is 11.3 Å². The Balaban J connectivity index is 1.92. The average molecular weight is 375 g/mol. The molecule has 1 N–H and O–H groups in total. The van der Waals surface area contributed by atoms with Gasteiger partial charge in [0.1, 0.15) is 5.76 Å². The quantitative estimate of drug-likeness (QED) is 0.678. The maximum Gasteiger partial charge on any atom is 0.245 e. The number of benzene rings is 1. The van der Waals surface area contributed by atoms with E-state index in [1.807, 2.05) is 30.3 Å². The Labute approximate surface area is 158 Å². The number of carbonyl (C=O) groups excluding carboxylic acids is 2. The fraction of sp³-hybridized carbons (Fsp3) is 0.421. The second-order valence-corrected chi connectivity index (χ2v) is 7.52. The summed E-state index contributed by atoms with van der Waals surface area (Å²) in [6, 6.07) is 11.4. The van der Waals surface area contributed by atoms with Crippen LogP contribution in [-0.4, -0.2) is 40.7 Å². The third-order valence-corrected chi connectivity index (χ3v) is 4.66. The Bertz CT molecular complexity index is 716. The van der Waals surface area contributed by atoms with Gasteiger partial charge < -0.3 is 14.7 Å². The van der Waals surface area contributed by atoms with Gasteiger partial charge in [0.2, 0.25) is 11.8 Å². The molecule has 2 aromatic rings. The van der Waals surface area contributed by atoms with Gasteiger partial charge in [0.15, 0.2) is 5.82 Å². The van der Waals surface area contributed by atoms with Gasteiger partial charge in [-0.2, -0.15) is 0 Å². The van der Waals surface area contributed by atoms with Gasteiger partial charge in [-0.3, -0.25) is 9.59 Å². The minimum absolute atomic E-state index is 0.00676. The van der Waals surface area contributed by atoms with Crippen molar-refractivity contribution in [3.8, 4) is 0 Å². The molecular weight excluding hydrogens is 350 g/mol. The summed E-state index contributed by atoms with van der Waals surface area (Å²) < 4.78 is 4.94. The Morgan fingerprint density at radius 2 is 2.00 bits per heavy atom. The van der Waals surface area contributed by atoms with Gasteiger partial charge in [-0.25, -0.2) is 0 Å². The van der Waals surface area contributed by atoms with E-state index < -0.39 is 0 Å². The molecule has 0 spiro atoms. The van der Waals surface area contributed by atoms with Crippen molar-refractivity contribution in [3.05, 3.63) is 42.2 Å². The molecule has 0 fully saturated rings. The lowest BCUT2D eigenvalue weighted by Gasteiger charge is -2.23. The standard InChI is InChI=1S/C19H25N3O3S/c1-14(2)9-10-22(12-18(23)20-17-11-15(3)25-21-17)19(24)13-26-16-7-5-4-6-8-16/h4-8,11,14H,9-10,12-13H2,1-3H3,(H,20,21,23). The van der Waals surface area contributed by atoms with E-state index in [2.05, 4.69) is 24.3 Å². The Hall–Kier alpha value is -2.28. The van der Waals surface area contributed by atoms with Crippen LogP contribution in [0.5, 0.6) is 0 Å². The summed E-state index contributed by atoms with van der Waals surface area (Å²) in [6.45, 7) is 6.51. The zero-order valence-corrected chi connectivity index (χ0v) is 16.2. The van der Waals surface area contributed by atoms with E-state index in [9.17, 15) is 9.59 Å². The van der Waals surface area contributed by atoms with Crippen LogP contribution in [-0.2, 0) is 9.59 Å².